The second-order valence-electron chi connectivity index (χ2n) is 4.59. The summed E-state index contributed by atoms with van der Waals surface area (Å²) in [6.45, 7) is 4.45. The molecule has 2 nitrogen and oxygen atoms in total. The van der Waals surface area contributed by atoms with Gasteiger partial charge in [-0.3, -0.25) is 4.79 Å². The predicted molar refractivity (Wildman–Crippen MR) is 67.2 cm³/mol. The molecule has 0 radical (unpaired) electrons. The highest BCUT2D eigenvalue weighted by molar-refractivity contribution is 7.99. The van der Waals surface area contributed by atoms with Gasteiger partial charge in [-0.1, -0.05) is 20.3 Å². The van der Waals surface area contributed by atoms with E-state index in [9.17, 15) is 4.79 Å². The lowest BCUT2D eigenvalue weighted by Crippen LogP contribution is -2.34. The average Bonchev–Trinajstić information content (AvgIpc) is 2.59. The van der Waals surface area contributed by atoms with Gasteiger partial charge in [0.25, 0.3) is 0 Å². The fraction of sp³-hybridized carbons (Fsp3) is 0.917. The van der Waals surface area contributed by atoms with Crippen molar-refractivity contribution in [3.63, 3.8) is 0 Å². The summed E-state index contributed by atoms with van der Waals surface area (Å²) in [7, 11) is 0. The Bertz CT molecular complexity index is 196. The van der Waals surface area contributed by atoms with Gasteiger partial charge in [-0.25, -0.2) is 0 Å². The van der Waals surface area contributed by atoms with Gasteiger partial charge in [0.2, 0.25) is 5.91 Å². The van der Waals surface area contributed by atoms with Gasteiger partial charge in [0, 0.05) is 6.04 Å². The van der Waals surface area contributed by atoms with Crippen molar-refractivity contribution < 1.29 is 4.79 Å². The third-order valence-electron chi connectivity index (χ3n) is 2.94. The highest BCUT2D eigenvalue weighted by Gasteiger charge is 2.22. The monoisotopic (exact) mass is 229 g/mol. The number of carbonyl (C=O) groups excluding carboxylic acids is 1. The first-order valence-corrected chi connectivity index (χ1v) is 7.25. The van der Waals surface area contributed by atoms with E-state index in [1.165, 1.54) is 32.1 Å². The van der Waals surface area contributed by atoms with Crippen LogP contribution in [0.25, 0.3) is 0 Å². The number of thioether (sulfide) groups is 1. The second kappa shape index (κ2) is 7.15. The Morgan fingerprint density at radius 2 is 2.27 bits per heavy atom. The van der Waals surface area contributed by atoms with Gasteiger partial charge >= 0.3 is 0 Å². The topological polar surface area (TPSA) is 29.1 Å². The molecular weight excluding hydrogens is 206 g/mol. The van der Waals surface area contributed by atoms with Crippen molar-refractivity contribution in [2.75, 3.05) is 11.5 Å². The Morgan fingerprint density at radius 1 is 1.47 bits per heavy atom. The molecule has 0 heterocycles. The Labute approximate surface area is 97.6 Å². The minimum absolute atomic E-state index is 0.232. The van der Waals surface area contributed by atoms with Crippen LogP contribution in [0.5, 0.6) is 0 Å². The van der Waals surface area contributed by atoms with Crippen LogP contribution in [0.15, 0.2) is 0 Å². The van der Waals surface area contributed by atoms with Gasteiger partial charge in [0.05, 0.1) is 5.75 Å². The summed E-state index contributed by atoms with van der Waals surface area (Å²) in [6, 6.07) is 0.458. The summed E-state index contributed by atoms with van der Waals surface area (Å²) in [6.07, 6.45) is 6.05. The van der Waals surface area contributed by atoms with E-state index in [0.29, 0.717) is 11.8 Å². The van der Waals surface area contributed by atoms with Crippen LogP contribution in [0.3, 0.4) is 0 Å². The summed E-state index contributed by atoms with van der Waals surface area (Å²) in [5.41, 5.74) is 0. The van der Waals surface area contributed by atoms with Crippen molar-refractivity contribution >= 4 is 17.7 Å². The smallest absolute Gasteiger partial charge is 0.230 e. The molecule has 2 unspecified atom stereocenters. The van der Waals surface area contributed by atoms with E-state index in [2.05, 4.69) is 19.2 Å². The van der Waals surface area contributed by atoms with Gasteiger partial charge in [0.15, 0.2) is 0 Å². The third kappa shape index (κ3) is 5.45. The molecule has 15 heavy (non-hydrogen) atoms. The van der Waals surface area contributed by atoms with Crippen molar-refractivity contribution in [3.8, 4) is 0 Å². The van der Waals surface area contributed by atoms with Crippen LogP contribution in [-0.4, -0.2) is 23.5 Å². The lowest BCUT2D eigenvalue weighted by molar-refractivity contribution is -0.119. The van der Waals surface area contributed by atoms with Crippen LogP contribution in [0.2, 0.25) is 0 Å². The number of amides is 1. The molecule has 0 aromatic carbocycles. The maximum atomic E-state index is 11.5. The van der Waals surface area contributed by atoms with E-state index in [1.807, 2.05) is 0 Å². The summed E-state index contributed by atoms with van der Waals surface area (Å²) in [5, 5.41) is 3.13. The van der Waals surface area contributed by atoms with Gasteiger partial charge in [-0.15, -0.1) is 0 Å². The molecule has 0 bridgehead atoms. The van der Waals surface area contributed by atoms with E-state index >= 15 is 0 Å². The van der Waals surface area contributed by atoms with Crippen molar-refractivity contribution in [2.24, 2.45) is 5.92 Å². The minimum atomic E-state index is 0.232. The molecule has 0 saturated heterocycles. The summed E-state index contributed by atoms with van der Waals surface area (Å²) >= 11 is 1.76. The Hall–Kier alpha value is -0.180. The largest absolute Gasteiger partial charge is 0.353 e. The molecule has 0 aliphatic heterocycles. The second-order valence-corrected chi connectivity index (χ2v) is 5.69. The Balaban J connectivity index is 2.03. The summed E-state index contributed by atoms with van der Waals surface area (Å²) in [5.74, 6) is 2.79. The van der Waals surface area contributed by atoms with E-state index in [0.717, 1.165) is 11.7 Å². The van der Waals surface area contributed by atoms with E-state index in [1.54, 1.807) is 11.8 Å². The zero-order chi connectivity index (χ0) is 11.1. The third-order valence-corrected chi connectivity index (χ3v) is 3.98. The zero-order valence-corrected chi connectivity index (χ0v) is 10.7. The lowest BCUT2D eigenvalue weighted by Gasteiger charge is -2.11. The van der Waals surface area contributed by atoms with Crippen LogP contribution >= 0.6 is 11.8 Å². The van der Waals surface area contributed by atoms with Crippen LogP contribution in [-0.2, 0) is 4.79 Å². The standard InChI is InChI=1S/C12H23NOS/c1-3-4-7-15-9-12(14)13-11-6-5-10(2)8-11/h10-11H,3-9H2,1-2H3,(H,13,14). The maximum absolute atomic E-state index is 11.5. The fourth-order valence-electron chi connectivity index (χ4n) is 2.02. The predicted octanol–water partition coefficient (Wildman–Crippen LogP) is 2.82. The molecule has 3 heteroatoms. The number of hydrogen-bond acceptors (Lipinski definition) is 2. The van der Waals surface area contributed by atoms with E-state index < -0.39 is 0 Å². The normalized spacial score (nSPS) is 25.5. The van der Waals surface area contributed by atoms with Crippen LogP contribution in [0.4, 0.5) is 0 Å². The van der Waals surface area contributed by atoms with Crippen molar-refractivity contribution in [1.82, 2.24) is 5.32 Å². The zero-order valence-electron chi connectivity index (χ0n) is 9.92. The Kier molecular flexibility index (Phi) is 6.15. The molecule has 1 aliphatic carbocycles. The number of nitrogens with one attached hydrogen (secondary N) is 1. The Morgan fingerprint density at radius 3 is 2.87 bits per heavy atom. The molecule has 1 N–H and O–H groups in total. The minimum Gasteiger partial charge on any atom is -0.353 e. The first-order valence-electron chi connectivity index (χ1n) is 6.09. The van der Waals surface area contributed by atoms with Crippen molar-refractivity contribution in [3.05, 3.63) is 0 Å². The van der Waals surface area contributed by atoms with E-state index in [-0.39, 0.29) is 5.91 Å². The quantitative estimate of drug-likeness (QED) is 0.710. The number of rotatable bonds is 6. The first kappa shape index (κ1) is 12.9. The number of carbonyl (C=O) groups is 1. The first-order chi connectivity index (χ1) is 7.22. The van der Waals surface area contributed by atoms with Crippen LogP contribution < -0.4 is 5.32 Å². The molecule has 2 atom stereocenters. The molecule has 1 fully saturated rings. The molecule has 1 saturated carbocycles. The fourth-order valence-corrected chi connectivity index (χ4v) is 2.92. The molecule has 1 amide bonds. The molecule has 1 rings (SSSR count). The summed E-state index contributed by atoms with van der Waals surface area (Å²) < 4.78 is 0. The van der Waals surface area contributed by atoms with Crippen molar-refractivity contribution in [2.45, 2.75) is 52.0 Å². The molecule has 0 aromatic heterocycles. The van der Waals surface area contributed by atoms with Gasteiger partial charge in [-0.2, -0.15) is 11.8 Å². The number of unbranched alkanes of at least 4 members (excludes halogenated alkanes) is 1. The summed E-state index contributed by atoms with van der Waals surface area (Å²) in [4.78, 5) is 11.5. The van der Waals surface area contributed by atoms with Crippen LogP contribution in [0, 0.1) is 5.92 Å². The van der Waals surface area contributed by atoms with Gasteiger partial charge in [-0.05, 0) is 37.4 Å². The highest BCUT2D eigenvalue weighted by Crippen LogP contribution is 2.24. The van der Waals surface area contributed by atoms with Crippen molar-refractivity contribution in [1.29, 1.82) is 0 Å². The van der Waals surface area contributed by atoms with Crippen LogP contribution in [0.1, 0.15) is 46.0 Å². The lowest BCUT2D eigenvalue weighted by atomic mass is 10.1. The maximum Gasteiger partial charge on any atom is 0.230 e. The molecule has 88 valence electrons. The molecule has 1 aliphatic rings. The number of hydrogen-bond donors (Lipinski definition) is 1. The average molecular weight is 229 g/mol. The molecular formula is C12H23NOS. The van der Waals surface area contributed by atoms with Gasteiger partial charge < -0.3 is 5.32 Å². The SMILES string of the molecule is CCCCSCC(=O)NC1CCC(C)C1. The van der Waals surface area contributed by atoms with Gasteiger partial charge in [0.1, 0.15) is 0 Å². The van der Waals surface area contributed by atoms with E-state index in [4.69, 9.17) is 0 Å². The highest BCUT2D eigenvalue weighted by atomic mass is 32.2. The molecule has 0 aromatic rings. The molecule has 0 spiro atoms.